The van der Waals surface area contributed by atoms with Crippen LogP contribution >= 0.6 is 0 Å². The number of benzene rings is 1. The lowest BCUT2D eigenvalue weighted by atomic mass is 10.3. The van der Waals surface area contributed by atoms with E-state index in [0.717, 1.165) is 0 Å². The molecule has 1 aromatic rings. The highest BCUT2D eigenvalue weighted by Gasteiger charge is 2.11. The molecule has 5 heteroatoms. The van der Waals surface area contributed by atoms with Gasteiger partial charge in [0.1, 0.15) is 5.75 Å². The Labute approximate surface area is 87.1 Å². The number of carbonyl (C=O) groups excluding carboxylic acids is 2. The summed E-state index contributed by atoms with van der Waals surface area (Å²) in [6, 6.07) is 5.86. The van der Waals surface area contributed by atoms with E-state index in [1.165, 1.54) is 24.3 Å². The summed E-state index contributed by atoms with van der Waals surface area (Å²) in [5.41, 5.74) is 0.462. The second-order valence-electron chi connectivity index (χ2n) is 2.86. The van der Waals surface area contributed by atoms with E-state index in [1.807, 2.05) is 0 Å². The van der Waals surface area contributed by atoms with Crippen LogP contribution in [0.5, 0.6) is 5.75 Å². The predicted octanol–water partition coefficient (Wildman–Crippen LogP) is 0.467. The van der Waals surface area contributed by atoms with Crippen molar-refractivity contribution >= 4 is 17.5 Å². The molecule has 5 nitrogen and oxygen atoms in total. The second-order valence-corrected chi connectivity index (χ2v) is 2.86. The van der Waals surface area contributed by atoms with Crippen LogP contribution in [0.15, 0.2) is 24.3 Å². The number of rotatable bonds is 2. The van der Waals surface area contributed by atoms with Gasteiger partial charge in [0, 0.05) is 12.2 Å². The van der Waals surface area contributed by atoms with Gasteiger partial charge >= 0.3 is 11.8 Å². The van der Waals surface area contributed by atoms with Crippen molar-refractivity contribution in [3.8, 4) is 5.75 Å². The minimum atomic E-state index is -0.720. The summed E-state index contributed by atoms with van der Waals surface area (Å²) >= 11 is 0. The molecular weight excluding hydrogens is 196 g/mol. The summed E-state index contributed by atoms with van der Waals surface area (Å²) < 4.78 is 0. The maximum atomic E-state index is 11.2. The zero-order valence-electron chi connectivity index (χ0n) is 8.28. The van der Waals surface area contributed by atoms with Gasteiger partial charge in [0.15, 0.2) is 0 Å². The Bertz CT molecular complexity index is 359. The Morgan fingerprint density at radius 2 is 1.80 bits per heavy atom. The molecule has 2 amide bonds. The predicted molar refractivity (Wildman–Crippen MR) is 55.4 cm³/mol. The lowest BCUT2D eigenvalue weighted by molar-refractivity contribution is -0.136. The molecule has 0 unspecified atom stereocenters. The minimum absolute atomic E-state index is 0.103. The Morgan fingerprint density at radius 3 is 2.33 bits per heavy atom. The smallest absolute Gasteiger partial charge is 0.313 e. The number of hydrogen-bond donors (Lipinski definition) is 3. The molecule has 0 aliphatic heterocycles. The monoisotopic (exact) mass is 208 g/mol. The average Bonchev–Trinajstić information content (AvgIpc) is 2.22. The molecule has 0 saturated heterocycles. The van der Waals surface area contributed by atoms with E-state index in [9.17, 15) is 9.59 Å². The first kappa shape index (κ1) is 11.0. The highest BCUT2D eigenvalue weighted by molar-refractivity contribution is 6.39. The first-order valence-corrected chi connectivity index (χ1v) is 4.51. The van der Waals surface area contributed by atoms with Crippen LogP contribution in [-0.2, 0) is 9.59 Å². The molecule has 0 atom stereocenters. The second kappa shape index (κ2) is 4.99. The summed E-state index contributed by atoms with van der Waals surface area (Å²) in [7, 11) is 0. The maximum absolute atomic E-state index is 11.2. The average molecular weight is 208 g/mol. The fourth-order valence-electron chi connectivity index (χ4n) is 0.973. The van der Waals surface area contributed by atoms with Crippen LogP contribution in [0.4, 0.5) is 5.69 Å². The van der Waals surface area contributed by atoms with E-state index in [4.69, 9.17) is 5.11 Å². The zero-order chi connectivity index (χ0) is 11.3. The molecule has 1 aromatic carbocycles. The fourth-order valence-corrected chi connectivity index (χ4v) is 0.973. The van der Waals surface area contributed by atoms with Crippen molar-refractivity contribution in [1.82, 2.24) is 5.32 Å². The van der Waals surface area contributed by atoms with Crippen LogP contribution in [0.2, 0.25) is 0 Å². The number of nitrogens with one attached hydrogen (secondary N) is 2. The van der Waals surface area contributed by atoms with Crippen LogP contribution in [0, 0.1) is 0 Å². The van der Waals surface area contributed by atoms with Gasteiger partial charge in [0.2, 0.25) is 0 Å². The van der Waals surface area contributed by atoms with E-state index in [0.29, 0.717) is 12.2 Å². The molecule has 1 rings (SSSR count). The van der Waals surface area contributed by atoms with Gasteiger partial charge in [-0.1, -0.05) is 0 Å². The van der Waals surface area contributed by atoms with Crippen LogP contribution in [0.25, 0.3) is 0 Å². The molecular formula is C10H12N2O3. The first-order chi connectivity index (χ1) is 7.13. The van der Waals surface area contributed by atoms with Crippen molar-refractivity contribution in [3.63, 3.8) is 0 Å². The Hall–Kier alpha value is -2.04. The van der Waals surface area contributed by atoms with Gasteiger partial charge in [-0.2, -0.15) is 0 Å². The Morgan fingerprint density at radius 1 is 1.20 bits per heavy atom. The fraction of sp³-hybridized carbons (Fsp3) is 0.200. The molecule has 0 radical (unpaired) electrons. The number of anilines is 1. The molecule has 15 heavy (non-hydrogen) atoms. The summed E-state index contributed by atoms with van der Waals surface area (Å²) in [5.74, 6) is -1.29. The number of likely N-dealkylation sites (N-methyl/N-ethyl adjacent to an activating group) is 1. The minimum Gasteiger partial charge on any atom is -0.508 e. The van der Waals surface area contributed by atoms with E-state index in [-0.39, 0.29) is 5.75 Å². The van der Waals surface area contributed by atoms with Gasteiger partial charge in [-0.05, 0) is 31.2 Å². The number of phenolic OH excluding ortho intramolecular Hbond substituents is 1. The van der Waals surface area contributed by atoms with E-state index >= 15 is 0 Å². The van der Waals surface area contributed by atoms with Crippen molar-refractivity contribution in [2.45, 2.75) is 6.92 Å². The first-order valence-electron chi connectivity index (χ1n) is 4.51. The molecule has 3 N–H and O–H groups in total. The number of phenols is 1. The van der Waals surface area contributed by atoms with Gasteiger partial charge < -0.3 is 15.7 Å². The third-order valence-electron chi connectivity index (χ3n) is 1.67. The third-order valence-corrected chi connectivity index (χ3v) is 1.67. The van der Waals surface area contributed by atoms with Crippen molar-refractivity contribution in [2.24, 2.45) is 0 Å². The Balaban J connectivity index is 2.58. The molecule has 0 fully saturated rings. The van der Waals surface area contributed by atoms with Crippen LogP contribution in [0.1, 0.15) is 6.92 Å². The van der Waals surface area contributed by atoms with E-state index in [2.05, 4.69) is 10.6 Å². The molecule has 0 aliphatic rings. The molecule has 0 heterocycles. The quantitative estimate of drug-likeness (QED) is 0.488. The lowest BCUT2D eigenvalue weighted by Gasteiger charge is -2.04. The maximum Gasteiger partial charge on any atom is 0.313 e. The normalized spacial score (nSPS) is 9.40. The lowest BCUT2D eigenvalue weighted by Crippen LogP contribution is -2.35. The molecule has 0 aromatic heterocycles. The van der Waals surface area contributed by atoms with Crippen molar-refractivity contribution in [3.05, 3.63) is 24.3 Å². The van der Waals surface area contributed by atoms with Gasteiger partial charge in [0.25, 0.3) is 0 Å². The molecule has 0 saturated carbocycles. The highest BCUT2D eigenvalue weighted by atomic mass is 16.3. The summed E-state index contributed by atoms with van der Waals surface area (Å²) in [6.45, 7) is 2.13. The molecule has 0 bridgehead atoms. The summed E-state index contributed by atoms with van der Waals surface area (Å²) in [5, 5.41) is 13.8. The van der Waals surface area contributed by atoms with Crippen molar-refractivity contribution in [2.75, 3.05) is 11.9 Å². The number of aromatic hydroxyl groups is 1. The van der Waals surface area contributed by atoms with E-state index in [1.54, 1.807) is 6.92 Å². The van der Waals surface area contributed by atoms with Gasteiger partial charge in [-0.3, -0.25) is 9.59 Å². The molecule has 0 spiro atoms. The van der Waals surface area contributed by atoms with E-state index < -0.39 is 11.8 Å². The highest BCUT2D eigenvalue weighted by Crippen LogP contribution is 2.13. The van der Waals surface area contributed by atoms with Crippen molar-refractivity contribution < 1.29 is 14.7 Å². The van der Waals surface area contributed by atoms with Gasteiger partial charge in [0.05, 0.1) is 0 Å². The van der Waals surface area contributed by atoms with Gasteiger partial charge in [-0.25, -0.2) is 0 Å². The van der Waals surface area contributed by atoms with Gasteiger partial charge in [-0.15, -0.1) is 0 Å². The Kier molecular flexibility index (Phi) is 3.68. The molecule has 80 valence electrons. The molecule has 0 aliphatic carbocycles. The number of carbonyl (C=O) groups is 2. The third kappa shape index (κ3) is 3.30. The van der Waals surface area contributed by atoms with Crippen LogP contribution < -0.4 is 10.6 Å². The largest absolute Gasteiger partial charge is 0.508 e. The van der Waals surface area contributed by atoms with Crippen LogP contribution in [-0.4, -0.2) is 23.5 Å². The number of amides is 2. The summed E-state index contributed by atoms with van der Waals surface area (Å²) in [4.78, 5) is 22.2. The topological polar surface area (TPSA) is 78.4 Å². The van der Waals surface area contributed by atoms with Crippen molar-refractivity contribution in [1.29, 1.82) is 0 Å². The zero-order valence-corrected chi connectivity index (χ0v) is 8.28. The SMILES string of the molecule is CCNC(=O)C(=O)Nc1ccc(O)cc1. The summed E-state index contributed by atoms with van der Waals surface area (Å²) in [6.07, 6.45) is 0. The van der Waals surface area contributed by atoms with Crippen LogP contribution in [0.3, 0.4) is 0 Å². The number of hydrogen-bond acceptors (Lipinski definition) is 3. The standard InChI is InChI=1S/C10H12N2O3/c1-2-11-9(14)10(15)12-7-3-5-8(13)6-4-7/h3-6,13H,2H2,1H3,(H,11,14)(H,12,15).